The number of nitrogens with two attached hydrogens (primary N) is 1. The van der Waals surface area contributed by atoms with Gasteiger partial charge in [0.05, 0.1) is 11.7 Å². The highest BCUT2D eigenvalue weighted by molar-refractivity contribution is 5.77. The lowest BCUT2D eigenvalue weighted by atomic mass is 10.1. The van der Waals surface area contributed by atoms with Gasteiger partial charge in [0.1, 0.15) is 5.52 Å². The first-order chi connectivity index (χ1) is 7.11. The van der Waals surface area contributed by atoms with E-state index < -0.39 is 0 Å². The molecule has 0 amide bonds. The van der Waals surface area contributed by atoms with E-state index in [9.17, 15) is 0 Å². The molecular weight excluding hydrogens is 188 g/mol. The average Bonchev–Trinajstić information content (AvgIpc) is 2.52. The van der Waals surface area contributed by atoms with E-state index in [4.69, 9.17) is 5.73 Å². The summed E-state index contributed by atoms with van der Waals surface area (Å²) in [6.07, 6.45) is 3.52. The summed E-state index contributed by atoms with van der Waals surface area (Å²) < 4.78 is 2.07. The van der Waals surface area contributed by atoms with Gasteiger partial charge < -0.3 is 10.3 Å². The van der Waals surface area contributed by atoms with Gasteiger partial charge in [-0.1, -0.05) is 13.8 Å². The quantitative estimate of drug-likeness (QED) is 0.816. The second kappa shape index (κ2) is 3.53. The Morgan fingerprint density at radius 2 is 2.07 bits per heavy atom. The standard InChI is InChI=1S/C11H16N4/c1-7(2)8(3)15-10-4-5-13-6-9(10)14-11(15)12/h4-8H,1-3H3,(H2,12,14). The molecule has 4 heteroatoms. The van der Waals surface area contributed by atoms with Crippen LogP contribution in [-0.4, -0.2) is 14.5 Å². The van der Waals surface area contributed by atoms with Crippen molar-refractivity contribution in [2.45, 2.75) is 26.8 Å². The summed E-state index contributed by atoms with van der Waals surface area (Å²) in [5.74, 6) is 1.09. The van der Waals surface area contributed by atoms with Crippen LogP contribution in [0.25, 0.3) is 11.0 Å². The molecule has 0 radical (unpaired) electrons. The SMILES string of the molecule is CC(C)C(C)n1c(N)nc2cnccc21. The number of nitrogens with zero attached hydrogens (tertiary/aromatic N) is 3. The highest BCUT2D eigenvalue weighted by Gasteiger charge is 2.16. The molecule has 2 N–H and O–H groups in total. The van der Waals surface area contributed by atoms with E-state index in [1.165, 1.54) is 0 Å². The van der Waals surface area contributed by atoms with E-state index in [2.05, 4.69) is 35.3 Å². The van der Waals surface area contributed by atoms with Crippen LogP contribution in [0.5, 0.6) is 0 Å². The normalized spacial score (nSPS) is 13.6. The second-order valence-electron chi connectivity index (χ2n) is 4.19. The van der Waals surface area contributed by atoms with Crippen LogP contribution < -0.4 is 5.73 Å². The smallest absolute Gasteiger partial charge is 0.201 e. The van der Waals surface area contributed by atoms with Crippen LogP contribution in [0.15, 0.2) is 18.5 Å². The summed E-state index contributed by atoms with van der Waals surface area (Å²) in [5, 5.41) is 0. The maximum absolute atomic E-state index is 5.92. The molecular formula is C11H16N4. The number of hydrogen-bond acceptors (Lipinski definition) is 3. The molecule has 2 heterocycles. The molecule has 0 aliphatic rings. The molecule has 2 rings (SSSR count). The third kappa shape index (κ3) is 1.56. The Kier molecular flexibility index (Phi) is 2.34. The number of anilines is 1. The molecule has 0 aliphatic heterocycles. The van der Waals surface area contributed by atoms with E-state index in [-0.39, 0.29) is 0 Å². The molecule has 2 aromatic rings. The Morgan fingerprint density at radius 3 is 2.73 bits per heavy atom. The van der Waals surface area contributed by atoms with Crippen LogP contribution in [0.4, 0.5) is 5.95 Å². The average molecular weight is 204 g/mol. The van der Waals surface area contributed by atoms with Gasteiger partial charge in [-0.15, -0.1) is 0 Å². The fourth-order valence-electron chi connectivity index (χ4n) is 1.70. The molecule has 4 nitrogen and oxygen atoms in total. The maximum atomic E-state index is 5.92. The lowest BCUT2D eigenvalue weighted by Crippen LogP contribution is -2.13. The molecule has 15 heavy (non-hydrogen) atoms. The van der Waals surface area contributed by atoms with Gasteiger partial charge in [-0.05, 0) is 18.9 Å². The summed E-state index contributed by atoms with van der Waals surface area (Å²) in [7, 11) is 0. The Hall–Kier alpha value is -1.58. The topological polar surface area (TPSA) is 56.7 Å². The highest BCUT2D eigenvalue weighted by Crippen LogP contribution is 2.26. The number of rotatable bonds is 2. The zero-order valence-corrected chi connectivity index (χ0v) is 9.31. The summed E-state index contributed by atoms with van der Waals surface area (Å²) >= 11 is 0. The molecule has 80 valence electrons. The first kappa shape index (κ1) is 9.96. The van der Waals surface area contributed by atoms with Crippen LogP contribution in [0, 0.1) is 5.92 Å². The lowest BCUT2D eigenvalue weighted by Gasteiger charge is -2.19. The van der Waals surface area contributed by atoms with Gasteiger partial charge in [0, 0.05) is 12.2 Å². The van der Waals surface area contributed by atoms with E-state index in [0.29, 0.717) is 17.9 Å². The summed E-state index contributed by atoms with van der Waals surface area (Å²) in [4.78, 5) is 8.33. The van der Waals surface area contributed by atoms with Crippen molar-refractivity contribution in [3.63, 3.8) is 0 Å². The molecule has 0 aromatic carbocycles. The Balaban J connectivity index is 2.63. The number of nitrogen functional groups attached to an aromatic ring is 1. The Bertz CT molecular complexity index is 472. The van der Waals surface area contributed by atoms with Gasteiger partial charge in [-0.25, -0.2) is 4.98 Å². The van der Waals surface area contributed by atoms with Crippen molar-refractivity contribution in [1.82, 2.24) is 14.5 Å². The van der Waals surface area contributed by atoms with Gasteiger partial charge in [0.15, 0.2) is 0 Å². The van der Waals surface area contributed by atoms with Crippen LogP contribution in [0.2, 0.25) is 0 Å². The van der Waals surface area contributed by atoms with E-state index >= 15 is 0 Å². The van der Waals surface area contributed by atoms with Gasteiger partial charge in [0.25, 0.3) is 0 Å². The second-order valence-corrected chi connectivity index (χ2v) is 4.19. The van der Waals surface area contributed by atoms with Crippen molar-refractivity contribution in [2.75, 3.05) is 5.73 Å². The first-order valence-corrected chi connectivity index (χ1v) is 5.18. The van der Waals surface area contributed by atoms with Crippen molar-refractivity contribution in [3.8, 4) is 0 Å². The molecule has 0 fully saturated rings. The molecule has 0 saturated heterocycles. The minimum atomic E-state index is 0.345. The van der Waals surface area contributed by atoms with E-state index in [1.807, 2.05) is 6.07 Å². The van der Waals surface area contributed by atoms with Gasteiger partial charge in [0.2, 0.25) is 5.95 Å². The van der Waals surface area contributed by atoms with E-state index in [1.54, 1.807) is 12.4 Å². The molecule has 0 saturated carbocycles. The highest BCUT2D eigenvalue weighted by atomic mass is 15.2. The third-order valence-corrected chi connectivity index (χ3v) is 2.89. The molecule has 1 unspecified atom stereocenters. The Morgan fingerprint density at radius 1 is 1.33 bits per heavy atom. The first-order valence-electron chi connectivity index (χ1n) is 5.18. The minimum Gasteiger partial charge on any atom is -0.369 e. The predicted molar refractivity (Wildman–Crippen MR) is 61.5 cm³/mol. The van der Waals surface area contributed by atoms with Crippen LogP contribution in [0.1, 0.15) is 26.8 Å². The monoisotopic (exact) mass is 204 g/mol. The van der Waals surface area contributed by atoms with Gasteiger partial charge in [-0.2, -0.15) is 0 Å². The minimum absolute atomic E-state index is 0.345. The predicted octanol–water partition coefficient (Wildman–Crippen LogP) is 2.23. The number of imidazole rings is 1. The van der Waals surface area contributed by atoms with Crippen LogP contribution >= 0.6 is 0 Å². The zero-order chi connectivity index (χ0) is 11.0. The summed E-state index contributed by atoms with van der Waals surface area (Å²) in [6.45, 7) is 6.51. The van der Waals surface area contributed by atoms with Gasteiger partial charge in [-0.3, -0.25) is 4.98 Å². The van der Waals surface area contributed by atoms with Crippen molar-refractivity contribution in [2.24, 2.45) is 5.92 Å². The third-order valence-electron chi connectivity index (χ3n) is 2.89. The fraction of sp³-hybridized carbons (Fsp3) is 0.455. The van der Waals surface area contributed by atoms with Crippen LogP contribution in [0.3, 0.4) is 0 Å². The fourth-order valence-corrected chi connectivity index (χ4v) is 1.70. The van der Waals surface area contributed by atoms with Crippen molar-refractivity contribution < 1.29 is 0 Å². The van der Waals surface area contributed by atoms with Crippen molar-refractivity contribution in [1.29, 1.82) is 0 Å². The van der Waals surface area contributed by atoms with Gasteiger partial charge >= 0.3 is 0 Å². The lowest BCUT2D eigenvalue weighted by molar-refractivity contribution is 0.421. The van der Waals surface area contributed by atoms with E-state index in [0.717, 1.165) is 11.0 Å². The number of fused-ring (bicyclic) bond motifs is 1. The van der Waals surface area contributed by atoms with Crippen molar-refractivity contribution >= 4 is 17.0 Å². The number of aromatic nitrogens is 3. The number of pyridine rings is 1. The molecule has 0 aliphatic carbocycles. The summed E-state index contributed by atoms with van der Waals surface area (Å²) in [6, 6.07) is 2.30. The number of hydrogen-bond donors (Lipinski definition) is 1. The molecule has 1 atom stereocenters. The Labute approximate surface area is 89.1 Å². The zero-order valence-electron chi connectivity index (χ0n) is 9.31. The maximum Gasteiger partial charge on any atom is 0.201 e. The largest absolute Gasteiger partial charge is 0.369 e. The molecule has 2 aromatic heterocycles. The molecule has 0 bridgehead atoms. The van der Waals surface area contributed by atoms with Crippen molar-refractivity contribution in [3.05, 3.63) is 18.5 Å². The summed E-state index contributed by atoms with van der Waals surface area (Å²) in [5.41, 5.74) is 7.84. The molecule has 0 spiro atoms. The van der Waals surface area contributed by atoms with Crippen LogP contribution in [-0.2, 0) is 0 Å².